The zero-order valence-electron chi connectivity index (χ0n) is 14.1. The Kier molecular flexibility index (Phi) is 4.40. The van der Waals surface area contributed by atoms with Crippen LogP contribution in [0.5, 0.6) is 0 Å². The van der Waals surface area contributed by atoms with Crippen LogP contribution in [0.4, 0.5) is 4.39 Å². The molecule has 27 heavy (non-hydrogen) atoms. The lowest BCUT2D eigenvalue weighted by atomic mass is 10.2. The van der Waals surface area contributed by atoms with E-state index >= 15 is 0 Å². The first-order valence-corrected chi connectivity index (χ1v) is 10.6. The van der Waals surface area contributed by atoms with E-state index in [9.17, 15) is 12.8 Å². The predicted octanol–water partition coefficient (Wildman–Crippen LogP) is 3.49. The number of fused-ring (bicyclic) bond motifs is 1. The Hall–Kier alpha value is -2.78. The number of nitrogens with zero attached hydrogens (tertiary/aromatic N) is 4. The van der Waals surface area contributed by atoms with Crippen molar-refractivity contribution in [1.29, 1.82) is 0 Å². The van der Waals surface area contributed by atoms with Crippen molar-refractivity contribution in [2.45, 2.75) is 14.8 Å². The molecule has 0 amide bonds. The van der Waals surface area contributed by atoms with Crippen LogP contribution in [-0.4, -0.2) is 34.3 Å². The van der Waals surface area contributed by atoms with Crippen LogP contribution in [0.15, 0.2) is 75.9 Å². The zero-order valence-corrected chi connectivity index (χ0v) is 15.7. The van der Waals surface area contributed by atoms with E-state index < -0.39 is 15.7 Å². The third kappa shape index (κ3) is 3.08. The van der Waals surface area contributed by atoms with Gasteiger partial charge in [0, 0.05) is 24.2 Å². The molecular weight excluding hydrogens is 387 g/mol. The van der Waals surface area contributed by atoms with Crippen molar-refractivity contribution in [3.63, 3.8) is 0 Å². The lowest BCUT2D eigenvalue weighted by molar-refractivity contribution is 0.589. The van der Waals surface area contributed by atoms with Gasteiger partial charge >= 0.3 is 0 Å². The maximum atomic E-state index is 13.6. The van der Waals surface area contributed by atoms with Crippen molar-refractivity contribution in [2.24, 2.45) is 0 Å². The van der Waals surface area contributed by atoms with Gasteiger partial charge in [0.25, 0.3) is 0 Å². The van der Waals surface area contributed by atoms with E-state index in [4.69, 9.17) is 0 Å². The van der Waals surface area contributed by atoms with Gasteiger partial charge in [-0.2, -0.15) is 5.10 Å². The molecule has 1 aromatic carbocycles. The highest BCUT2D eigenvalue weighted by Crippen LogP contribution is 2.33. The molecule has 0 unspecified atom stereocenters. The summed E-state index contributed by atoms with van der Waals surface area (Å²) in [6.45, 7) is 0. The SMILES string of the molecule is CSc1nn2ccc(-c3cccnc3)nc2c1S(=O)(=O)c1cccc(F)c1. The van der Waals surface area contributed by atoms with Crippen LogP contribution < -0.4 is 0 Å². The van der Waals surface area contributed by atoms with Crippen molar-refractivity contribution in [3.05, 3.63) is 66.9 Å². The van der Waals surface area contributed by atoms with E-state index in [1.54, 1.807) is 37.0 Å². The Morgan fingerprint density at radius 2 is 2.00 bits per heavy atom. The summed E-state index contributed by atoms with van der Waals surface area (Å²) in [5.74, 6) is -0.623. The average molecular weight is 400 g/mol. The van der Waals surface area contributed by atoms with Crippen LogP contribution in [0.2, 0.25) is 0 Å². The largest absolute Gasteiger partial charge is 0.264 e. The third-order valence-corrected chi connectivity index (χ3v) is 6.53. The molecule has 4 rings (SSSR count). The minimum absolute atomic E-state index is 0.0358. The van der Waals surface area contributed by atoms with Gasteiger partial charge in [0.2, 0.25) is 9.84 Å². The van der Waals surface area contributed by atoms with E-state index in [1.165, 1.54) is 34.5 Å². The van der Waals surface area contributed by atoms with Gasteiger partial charge in [-0.15, -0.1) is 11.8 Å². The molecule has 0 spiro atoms. The summed E-state index contributed by atoms with van der Waals surface area (Å²) in [5, 5.41) is 4.61. The van der Waals surface area contributed by atoms with Gasteiger partial charge in [-0.1, -0.05) is 6.07 Å². The number of halogens is 1. The zero-order chi connectivity index (χ0) is 19.0. The van der Waals surface area contributed by atoms with Crippen LogP contribution in [0.3, 0.4) is 0 Å². The maximum absolute atomic E-state index is 13.6. The molecule has 6 nitrogen and oxygen atoms in total. The maximum Gasteiger partial charge on any atom is 0.213 e. The summed E-state index contributed by atoms with van der Waals surface area (Å²) >= 11 is 1.19. The van der Waals surface area contributed by atoms with E-state index in [0.717, 1.165) is 11.6 Å². The number of rotatable bonds is 4. The van der Waals surface area contributed by atoms with Gasteiger partial charge in [-0.25, -0.2) is 22.3 Å². The molecule has 0 aliphatic heterocycles. The highest BCUT2D eigenvalue weighted by molar-refractivity contribution is 7.99. The first kappa shape index (κ1) is 17.6. The van der Waals surface area contributed by atoms with Crippen LogP contribution in [0.1, 0.15) is 0 Å². The van der Waals surface area contributed by atoms with Crippen molar-refractivity contribution >= 4 is 27.2 Å². The first-order valence-electron chi connectivity index (χ1n) is 7.85. The molecule has 0 atom stereocenters. The van der Waals surface area contributed by atoms with Crippen LogP contribution >= 0.6 is 11.8 Å². The van der Waals surface area contributed by atoms with Crippen LogP contribution in [-0.2, 0) is 9.84 Å². The second-order valence-electron chi connectivity index (χ2n) is 5.62. The number of thioether (sulfide) groups is 1. The molecule has 0 bridgehead atoms. The lowest BCUT2D eigenvalue weighted by Crippen LogP contribution is -2.04. The number of pyridine rings is 1. The van der Waals surface area contributed by atoms with Crippen LogP contribution in [0, 0.1) is 5.82 Å². The molecule has 0 radical (unpaired) electrons. The van der Waals surface area contributed by atoms with Gasteiger partial charge in [-0.3, -0.25) is 4.98 Å². The van der Waals surface area contributed by atoms with Crippen molar-refractivity contribution in [3.8, 4) is 11.3 Å². The van der Waals surface area contributed by atoms with Gasteiger partial charge in [0.05, 0.1) is 10.6 Å². The quantitative estimate of drug-likeness (QED) is 0.488. The molecule has 0 saturated carbocycles. The second-order valence-corrected chi connectivity index (χ2v) is 8.30. The van der Waals surface area contributed by atoms with Gasteiger partial charge in [-0.05, 0) is 42.7 Å². The monoisotopic (exact) mass is 400 g/mol. The second kappa shape index (κ2) is 6.75. The first-order chi connectivity index (χ1) is 13.0. The van der Waals surface area contributed by atoms with Gasteiger partial charge < -0.3 is 0 Å². The summed E-state index contributed by atoms with van der Waals surface area (Å²) in [7, 11) is -4.01. The molecule has 3 aromatic heterocycles. The standard InChI is InChI=1S/C18H13FN4O2S2/c1-26-18-16(27(24,25)14-6-2-5-13(19)10-14)17-21-15(7-9-23(17)22-18)12-4-3-8-20-11-12/h2-11H,1H3. The van der Waals surface area contributed by atoms with Crippen molar-refractivity contribution in [1.82, 2.24) is 19.6 Å². The summed E-state index contributed by atoms with van der Waals surface area (Å²) in [6, 6.07) is 10.3. The van der Waals surface area contributed by atoms with Gasteiger partial charge in [0.1, 0.15) is 10.8 Å². The normalized spacial score (nSPS) is 11.8. The van der Waals surface area contributed by atoms with Crippen LogP contribution in [0.25, 0.3) is 16.9 Å². The molecular formula is C18H13FN4O2S2. The molecule has 9 heteroatoms. The summed E-state index contributed by atoms with van der Waals surface area (Å²) in [5.41, 5.74) is 1.50. The molecule has 136 valence electrons. The molecule has 0 fully saturated rings. The summed E-state index contributed by atoms with van der Waals surface area (Å²) in [4.78, 5) is 8.39. The van der Waals surface area contributed by atoms with Crippen molar-refractivity contribution in [2.75, 3.05) is 6.26 Å². The summed E-state index contributed by atoms with van der Waals surface area (Å²) < 4.78 is 41.4. The van der Waals surface area contributed by atoms with E-state index in [1.807, 2.05) is 6.07 Å². The molecule has 0 aliphatic rings. The number of hydrogen-bond donors (Lipinski definition) is 0. The Bertz CT molecular complexity index is 1240. The Morgan fingerprint density at radius 3 is 2.70 bits per heavy atom. The molecule has 3 heterocycles. The Morgan fingerprint density at radius 1 is 1.15 bits per heavy atom. The predicted molar refractivity (Wildman–Crippen MR) is 99.9 cm³/mol. The molecule has 0 saturated heterocycles. The average Bonchev–Trinajstić information content (AvgIpc) is 3.07. The van der Waals surface area contributed by atoms with E-state index in [0.29, 0.717) is 10.7 Å². The smallest absolute Gasteiger partial charge is 0.213 e. The molecule has 0 aliphatic carbocycles. The topological polar surface area (TPSA) is 77.2 Å². The minimum atomic E-state index is -4.01. The third-order valence-electron chi connectivity index (χ3n) is 3.94. The number of benzene rings is 1. The fourth-order valence-electron chi connectivity index (χ4n) is 2.68. The Balaban J connectivity index is 1.98. The molecule has 0 N–H and O–H groups in total. The minimum Gasteiger partial charge on any atom is -0.264 e. The molecule has 4 aromatic rings. The van der Waals surface area contributed by atoms with E-state index in [-0.39, 0.29) is 15.4 Å². The highest BCUT2D eigenvalue weighted by Gasteiger charge is 2.29. The number of sulfone groups is 1. The fraction of sp³-hybridized carbons (Fsp3) is 0.0556. The summed E-state index contributed by atoms with van der Waals surface area (Å²) in [6.07, 6.45) is 6.67. The number of hydrogen-bond acceptors (Lipinski definition) is 6. The number of aromatic nitrogens is 4. The van der Waals surface area contributed by atoms with Gasteiger partial charge in [0.15, 0.2) is 10.5 Å². The Labute approximate surface area is 159 Å². The fourth-order valence-corrected chi connectivity index (χ4v) is 5.12. The van der Waals surface area contributed by atoms with Crippen molar-refractivity contribution < 1.29 is 12.8 Å². The van der Waals surface area contributed by atoms with E-state index in [2.05, 4.69) is 15.1 Å². The lowest BCUT2D eigenvalue weighted by Gasteiger charge is -2.05. The highest BCUT2D eigenvalue weighted by atomic mass is 32.2.